The second-order valence-corrected chi connectivity index (χ2v) is 4.39. The summed E-state index contributed by atoms with van der Waals surface area (Å²) < 4.78 is 0. The minimum atomic E-state index is 0.987. The summed E-state index contributed by atoms with van der Waals surface area (Å²) in [6, 6.07) is 0. The Hall–Kier alpha value is -0.260. The highest BCUT2D eigenvalue weighted by Gasteiger charge is 2.13. The standard InChI is InChI=1S/C13H24/c1-3-5-6-7-8-13-10-9-12(4-2)11-13/h10,12H,3-9,11H2,1-2H3. The lowest BCUT2D eigenvalue weighted by Gasteiger charge is -2.06. The number of allylic oxidation sites excluding steroid dienone is 2. The first-order chi connectivity index (χ1) is 6.36. The van der Waals surface area contributed by atoms with Gasteiger partial charge in [0.2, 0.25) is 0 Å². The first-order valence-electron chi connectivity index (χ1n) is 6.04. The molecule has 0 heteroatoms. The quantitative estimate of drug-likeness (QED) is 0.410. The van der Waals surface area contributed by atoms with E-state index in [1.54, 1.807) is 5.57 Å². The summed E-state index contributed by atoms with van der Waals surface area (Å²) >= 11 is 0. The highest BCUT2D eigenvalue weighted by Crippen LogP contribution is 2.30. The summed E-state index contributed by atoms with van der Waals surface area (Å²) in [5.41, 5.74) is 1.75. The van der Waals surface area contributed by atoms with Crippen molar-refractivity contribution >= 4 is 0 Å². The van der Waals surface area contributed by atoms with Crippen molar-refractivity contribution in [3.63, 3.8) is 0 Å². The van der Waals surface area contributed by atoms with Gasteiger partial charge in [-0.2, -0.15) is 0 Å². The third kappa shape index (κ3) is 3.97. The maximum atomic E-state index is 2.50. The molecule has 1 aliphatic carbocycles. The third-order valence-corrected chi connectivity index (χ3v) is 3.22. The van der Waals surface area contributed by atoms with Crippen LogP contribution in [0.2, 0.25) is 0 Å². The second kappa shape index (κ2) is 6.23. The van der Waals surface area contributed by atoms with Crippen molar-refractivity contribution in [1.82, 2.24) is 0 Å². The molecule has 0 aromatic carbocycles. The van der Waals surface area contributed by atoms with Crippen molar-refractivity contribution in [3.05, 3.63) is 11.6 Å². The maximum absolute atomic E-state index is 2.50. The third-order valence-electron chi connectivity index (χ3n) is 3.22. The highest BCUT2D eigenvalue weighted by molar-refractivity contribution is 5.09. The lowest BCUT2D eigenvalue weighted by atomic mass is 10.00. The Balaban J connectivity index is 2.03. The first-order valence-corrected chi connectivity index (χ1v) is 6.04. The van der Waals surface area contributed by atoms with Gasteiger partial charge in [-0.1, -0.05) is 51.2 Å². The van der Waals surface area contributed by atoms with Gasteiger partial charge in [-0.25, -0.2) is 0 Å². The molecule has 1 aliphatic rings. The van der Waals surface area contributed by atoms with Gasteiger partial charge in [-0.05, 0) is 31.6 Å². The van der Waals surface area contributed by atoms with Crippen LogP contribution in [0.4, 0.5) is 0 Å². The lowest BCUT2D eigenvalue weighted by molar-refractivity contribution is 0.534. The van der Waals surface area contributed by atoms with Crippen molar-refractivity contribution < 1.29 is 0 Å². The molecule has 0 aromatic rings. The first kappa shape index (κ1) is 10.8. The minimum Gasteiger partial charge on any atom is -0.0850 e. The molecule has 0 amide bonds. The summed E-state index contributed by atoms with van der Waals surface area (Å²) in [6.07, 6.45) is 13.7. The molecule has 76 valence electrons. The Morgan fingerprint density at radius 3 is 2.69 bits per heavy atom. The highest BCUT2D eigenvalue weighted by atomic mass is 14.2. The largest absolute Gasteiger partial charge is 0.0850 e. The Kier molecular flexibility index (Phi) is 5.19. The van der Waals surface area contributed by atoms with E-state index in [-0.39, 0.29) is 0 Å². The van der Waals surface area contributed by atoms with Crippen LogP contribution in [0.15, 0.2) is 11.6 Å². The molecule has 0 bridgehead atoms. The number of hydrogen-bond acceptors (Lipinski definition) is 0. The molecule has 0 fully saturated rings. The Morgan fingerprint density at radius 1 is 1.23 bits per heavy atom. The number of unbranched alkanes of at least 4 members (excludes halogenated alkanes) is 3. The van der Waals surface area contributed by atoms with E-state index in [1.165, 1.54) is 51.4 Å². The van der Waals surface area contributed by atoms with Gasteiger partial charge in [-0.15, -0.1) is 0 Å². The maximum Gasteiger partial charge on any atom is -0.0289 e. The SMILES string of the molecule is CCCCCCC1=CCC(CC)C1. The zero-order chi connectivity index (χ0) is 9.52. The van der Waals surface area contributed by atoms with Gasteiger partial charge in [0.15, 0.2) is 0 Å². The van der Waals surface area contributed by atoms with Crippen molar-refractivity contribution in [2.75, 3.05) is 0 Å². The van der Waals surface area contributed by atoms with E-state index in [1.807, 2.05) is 0 Å². The van der Waals surface area contributed by atoms with E-state index >= 15 is 0 Å². The molecule has 0 radical (unpaired) electrons. The van der Waals surface area contributed by atoms with Gasteiger partial charge in [0.05, 0.1) is 0 Å². The molecule has 1 atom stereocenters. The monoisotopic (exact) mass is 180 g/mol. The van der Waals surface area contributed by atoms with E-state index < -0.39 is 0 Å². The predicted octanol–water partition coefficient (Wildman–Crippen LogP) is 4.70. The molecular formula is C13H24. The summed E-state index contributed by atoms with van der Waals surface area (Å²) in [6.45, 7) is 4.60. The van der Waals surface area contributed by atoms with E-state index in [9.17, 15) is 0 Å². The van der Waals surface area contributed by atoms with Crippen LogP contribution in [0.3, 0.4) is 0 Å². The van der Waals surface area contributed by atoms with Crippen LogP contribution < -0.4 is 0 Å². The average molecular weight is 180 g/mol. The predicted molar refractivity (Wildman–Crippen MR) is 59.9 cm³/mol. The fraction of sp³-hybridized carbons (Fsp3) is 0.846. The van der Waals surface area contributed by atoms with Crippen LogP contribution >= 0.6 is 0 Å². The molecule has 0 saturated carbocycles. The van der Waals surface area contributed by atoms with Gasteiger partial charge >= 0.3 is 0 Å². The molecule has 1 unspecified atom stereocenters. The van der Waals surface area contributed by atoms with Gasteiger partial charge in [0, 0.05) is 0 Å². The Morgan fingerprint density at radius 2 is 2.08 bits per heavy atom. The van der Waals surface area contributed by atoms with Crippen molar-refractivity contribution in [2.45, 2.75) is 65.2 Å². The fourth-order valence-electron chi connectivity index (χ4n) is 2.16. The van der Waals surface area contributed by atoms with Gasteiger partial charge in [0.1, 0.15) is 0 Å². The van der Waals surface area contributed by atoms with Crippen LogP contribution in [0.1, 0.15) is 65.2 Å². The van der Waals surface area contributed by atoms with Crippen molar-refractivity contribution in [1.29, 1.82) is 0 Å². The van der Waals surface area contributed by atoms with E-state index in [0.29, 0.717) is 0 Å². The van der Waals surface area contributed by atoms with Crippen LogP contribution in [-0.4, -0.2) is 0 Å². The minimum absolute atomic E-state index is 0.987. The fourth-order valence-corrected chi connectivity index (χ4v) is 2.16. The topological polar surface area (TPSA) is 0 Å². The van der Waals surface area contributed by atoms with Crippen molar-refractivity contribution in [3.8, 4) is 0 Å². The summed E-state index contributed by atoms with van der Waals surface area (Å²) in [5, 5.41) is 0. The molecule has 0 spiro atoms. The van der Waals surface area contributed by atoms with E-state index in [4.69, 9.17) is 0 Å². The smallest absolute Gasteiger partial charge is 0.0289 e. The van der Waals surface area contributed by atoms with Crippen molar-refractivity contribution in [2.24, 2.45) is 5.92 Å². The molecule has 0 N–H and O–H groups in total. The molecule has 0 heterocycles. The summed E-state index contributed by atoms with van der Waals surface area (Å²) in [4.78, 5) is 0. The van der Waals surface area contributed by atoms with Crippen LogP contribution in [0, 0.1) is 5.92 Å². The van der Waals surface area contributed by atoms with E-state index in [2.05, 4.69) is 19.9 Å². The lowest BCUT2D eigenvalue weighted by Crippen LogP contribution is -1.91. The van der Waals surface area contributed by atoms with Crippen LogP contribution in [0.5, 0.6) is 0 Å². The molecular weight excluding hydrogens is 156 g/mol. The molecule has 1 rings (SSSR count). The van der Waals surface area contributed by atoms with E-state index in [0.717, 1.165) is 5.92 Å². The number of hydrogen-bond donors (Lipinski definition) is 0. The molecule has 0 aliphatic heterocycles. The molecule has 0 aromatic heterocycles. The summed E-state index contributed by atoms with van der Waals surface area (Å²) in [7, 11) is 0. The normalized spacial score (nSPS) is 22.0. The zero-order valence-corrected chi connectivity index (χ0v) is 9.31. The number of rotatable bonds is 6. The van der Waals surface area contributed by atoms with Gasteiger partial charge in [0.25, 0.3) is 0 Å². The Labute approximate surface area is 83.4 Å². The summed E-state index contributed by atoms with van der Waals surface area (Å²) in [5.74, 6) is 0.987. The van der Waals surface area contributed by atoms with Gasteiger partial charge in [-0.3, -0.25) is 0 Å². The molecule has 13 heavy (non-hydrogen) atoms. The van der Waals surface area contributed by atoms with Crippen LogP contribution in [-0.2, 0) is 0 Å². The average Bonchev–Trinajstić information content (AvgIpc) is 2.60. The van der Waals surface area contributed by atoms with Gasteiger partial charge < -0.3 is 0 Å². The zero-order valence-electron chi connectivity index (χ0n) is 9.31. The molecule has 0 saturated heterocycles. The van der Waals surface area contributed by atoms with Crippen LogP contribution in [0.25, 0.3) is 0 Å². The molecule has 0 nitrogen and oxygen atoms in total. The Bertz CT molecular complexity index is 155. The second-order valence-electron chi connectivity index (χ2n) is 4.39.